The van der Waals surface area contributed by atoms with Gasteiger partial charge in [-0.3, -0.25) is 9.89 Å². The number of thioether (sulfide) groups is 1. The van der Waals surface area contributed by atoms with Crippen LogP contribution >= 0.6 is 11.8 Å². The van der Waals surface area contributed by atoms with Gasteiger partial charge in [0.1, 0.15) is 12.2 Å². The number of carbonyl (C=O) groups is 1. The predicted octanol–water partition coefficient (Wildman–Crippen LogP) is 1.26. The van der Waals surface area contributed by atoms with Crippen LogP contribution in [0.3, 0.4) is 0 Å². The molecule has 1 aromatic heterocycles. The van der Waals surface area contributed by atoms with E-state index < -0.39 is 0 Å². The van der Waals surface area contributed by atoms with Gasteiger partial charge in [0.15, 0.2) is 0 Å². The largest absolute Gasteiger partial charge is 0.342 e. The summed E-state index contributed by atoms with van der Waals surface area (Å²) >= 11 is 1.72. The van der Waals surface area contributed by atoms with Crippen molar-refractivity contribution in [1.29, 1.82) is 0 Å². The van der Waals surface area contributed by atoms with Gasteiger partial charge < -0.3 is 4.90 Å². The molecule has 0 radical (unpaired) electrons. The van der Waals surface area contributed by atoms with E-state index >= 15 is 0 Å². The number of aromatic amines is 1. The highest BCUT2D eigenvalue weighted by Gasteiger charge is 2.25. The Morgan fingerprint density at radius 3 is 3.29 bits per heavy atom. The predicted molar refractivity (Wildman–Crippen MR) is 67.9 cm³/mol. The van der Waals surface area contributed by atoms with Crippen LogP contribution in [0.2, 0.25) is 0 Å². The third-order valence-corrected chi connectivity index (χ3v) is 3.73. The first kappa shape index (κ1) is 12.4. The first-order chi connectivity index (χ1) is 8.31. The van der Waals surface area contributed by atoms with Gasteiger partial charge in [0.05, 0.1) is 0 Å². The molecule has 6 heteroatoms. The average Bonchev–Trinajstić information content (AvgIpc) is 2.90. The fourth-order valence-corrected chi connectivity index (χ4v) is 2.56. The second-order valence-electron chi connectivity index (χ2n) is 4.29. The molecule has 0 spiro atoms. The molecular formula is C11H18N4OS. The first-order valence-electron chi connectivity index (χ1n) is 5.93. The molecule has 0 saturated carbocycles. The van der Waals surface area contributed by atoms with Crippen molar-refractivity contribution in [3.05, 3.63) is 12.2 Å². The topological polar surface area (TPSA) is 61.9 Å². The number of H-pyrrole nitrogens is 1. The molecule has 1 atom stereocenters. The van der Waals surface area contributed by atoms with Crippen LogP contribution < -0.4 is 0 Å². The van der Waals surface area contributed by atoms with Gasteiger partial charge in [-0.15, -0.1) is 0 Å². The Bertz CT molecular complexity index is 354. The summed E-state index contributed by atoms with van der Waals surface area (Å²) in [5.41, 5.74) is 0. The van der Waals surface area contributed by atoms with Gasteiger partial charge in [0.2, 0.25) is 5.91 Å². The summed E-state index contributed by atoms with van der Waals surface area (Å²) in [6.45, 7) is 1.67. The maximum atomic E-state index is 11.9. The number of nitrogens with one attached hydrogen (secondary N) is 1. The minimum Gasteiger partial charge on any atom is -0.342 e. The number of likely N-dealkylation sites (tertiary alicyclic amines) is 1. The summed E-state index contributed by atoms with van der Waals surface area (Å²) < 4.78 is 0. The van der Waals surface area contributed by atoms with Crippen molar-refractivity contribution < 1.29 is 4.79 Å². The van der Waals surface area contributed by atoms with Crippen LogP contribution in [0.4, 0.5) is 0 Å². The lowest BCUT2D eigenvalue weighted by molar-refractivity contribution is -0.131. The van der Waals surface area contributed by atoms with Crippen molar-refractivity contribution in [2.45, 2.75) is 25.2 Å². The molecular weight excluding hydrogens is 236 g/mol. The van der Waals surface area contributed by atoms with Gasteiger partial charge in [-0.05, 0) is 19.1 Å². The highest BCUT2D eigenvalue weighted by molar-refractivity contribution is 7.98. The maximum Gasteiger partial charge on any atom is 0.223 e. The molecule has 1 fully saturated rings. The number of carbonyl (C=O) groups excluding carboxylic acids is 1. The molecule has 2 heterocycles. The lowest BCUT2D eigenvalue weighted by Gasteiger charge is -2.31. The lowest BCUT2D eigenvalue weighted by Crippen LogP contribution is -2.39. The van der Waals surface area contributed by atoms with Crippen LogP contribution in [-0.4, -0.2) is 51.1 Å². The Morgan fingerprint density at radius 1 is 1.71 bits per heavy atom. The van der Waals surface area contributed by atoms with Crippen LogP contribution in [0, 0.1) is 0 Å². The Kier molecular flexibility index (Phi) is 4.42. The molecule has 0 aliphatic carbocycles. The first-order valence-corrected chi connectivity index (χ1v) is 7.32. The van der Waals surface area contributed by atoms with E-state index in [-0.39, 0.29) is 5.91 Å². The normalized spacial score (nSPS) is 20.5. The van der Waals surface area contributed by atoms with Crippen LogP contribution in [0.25, 0.3) is 0 Å². The maximum absolute atomic E-state index is 11.9. The number of aromatic nitrogens is 3. The van der Waals surface area contributed by atoms with Gasteiger partial charge in [-0.25, -0.2) is 4.98 Å². The van der Waals surface area contributed by atoms with E-state index in [0.717, 1.165) is 37.5 Å². The van der Waals surface area contributed by atoms with E-state index in [1.807, 2.05) is 11.2 Å². The molecule has 1 aliphatic heterocycles. The zero-order valence-corrected chi connectivity index (χ0v) is 10.9. The van der Waals surface area contributed by atoms with Gasteiger partial charge in [0, 0.05) is 31.2 Å². The molecule has 0 aromatic carbocycles. The van der Waals surface area contributed by atoms with E-state index in [2.05, 4.69) is 15.2 Å². The SMILES string of the molecule is CSCCC(=O)N1CCCC(c2ncn[nH]2)C1. The van der Waals surface area contributed by atoms with Crippen molar-refractivity contribution in [3.8, 4) is 0 Å². The van der Waals surface area contributed by atoms with Crippen molar-refractivity contribution in [1.82, 2.24) is 20.1 Å². The number of piperidine rings is 1. The van der Waals surface area contributed by atoms with Crippen LogP contribution in [0.15, 0.2) is 6.33 Å². The fourth-order valence-electron chi connectivity index (χ4n) is 2.19. The standard InChI is InChI=1S/C11H18N4OS/c1-17-6-4-10(16)15-5-2-3-9(7-15)11-12-8-13-14-11/h8-9H,2-7H2,1H3,(H,12,13,14). The molecule has 0 bridgehead atoms. The van der Waals surface area contributed by atoms with Crippen LogP contribution in [0.1, 0.15) is 31.0 Å². The molecule has 1 amide bonds. The fraction of sp³-hybridized carbons (Fsp3) is 0.727. The minimum absolute atomic E-state index is 0.267. The molecule has 1 aliphatic rings. The van der Waals surface area contributed by atoms with E-state index in [1.54, 1.807) is 11.8 Å². The lowest BCUT2D eigenvalue weighted by atomic mass is 9.97. The number of rotatable bonds is 4. The molecule has 1 aromatic rings. The second-order valence-corrected chi connectivity index (χ2v) is 5.28. The van der Waals surface area contributed by atoms with Gasteiger partial charge in [-0.2, -0.15) is 16.9 Å². The van der Waals surface area contributed by atoms with Gasteiger partial charge in [-0.1, -0.05) is 0 Å². The molecule has 1 N–H and O–H groups in total. The minimum atomic E-state index is 0.267. The number of nitrogens with zero attached hydrogens (tertiary/aromatic N) is 3. The van der Waals surface area contributed by atoms with E-state index in [4.69, 9.17) is 0 Å². The van der Waals surface area contributed by atoms with Crippen LogP contribution in [-0.2, 0) is 4.79 Å². The number of hydrogen-bond donors (Lipinski definition) is 1. The highest BCUT2D eigenvalue weighted by atomic mass is 32.2. The average molecular weight is 254 g/mol. The quantitative estimate of drug-likeness (QED) is 0.879. The molecule has 1 unspecified atom stereocenters. The van der Waals surface area contributed by atoms with Crippen molar-refractivity contribution in [2.75, 3.05) is 25.1 Å². The second kappa shape index (κ2) is 6.05. The number of hydrogen-bond acceptors (Lipinski definition) is 4. The smallest absolute Gasteiger partial charge is 0.223 e. The zero-order chi connectivity index (χ0) is 12.1. The third kappa shape index (κ3) is 3.21. The summed E-state index contributed by atoms with van der Waals surface area (Å²) in [5, 5.41) is 6.78. The molecule has 2 rings (SSSR count). The van der Waals surface area contributed by atoms with Gasteiger partial charge in [0.25, 0.3) is 0 Å². The molecule has 5 nitrogen and oxygen atoms in total. The zero-order valence-electron chi connectivity index (χ0n) is 10.1. The van der Waals surface area contributed by atoms with Crippen molar-refractivity contribution >= 4 is 17.7 Å². The van der Waals surface area contributed by atoms with E-state index in [1.165, 1.54) is 6.33 Å². The summed E-state index contributed by atoms with van der Waals surface area (Å²) in [5.74, 6) is 2.41. The monoisotopic (exact) mass is 254 g/mol. The molecule has 17 heavy (non-hydrogen) atoms. The summed E-state index contributed by atoms with van der Waals surface area (Å²) in [4.78, 5) is 18.1. The summed E-state index contributed by atoms with van der Waals surface area (Å²) in [6, 6.07) is 0. The molecule has 1 saturated heterocycles. The third-order valence-electron chi connectivity index (χ3n) is 3.11. The Labute approximate surface area is 105 Å². The van der Waals surface area contributed by atoms with E-state index in [9.17, 15) is 4.79 Å². The van der Waals surface area contributed by atoms with Gasteiger partial charge >= 0.3 is 0 Å². The molecule has 94 valence electrons. The summed E-state index contributed by atoms with van der Waals surface area (Å²) in [6.07, 6.45) is 6.34. The Balaban J connectivity index is 1.90. The van der Waals surface area contributed by atoms with E-state index in [0.29, 0.717) is 12.3 Å². The van der Waals surface area contributed by atoms with Crippen LogP contribution in [0.5, 0.6) is 0 Å². The van der Waals surface area contributed by atoms with Crippen molar-refractivity contribution in [2.24, 2.45) is 0 Å². The van der Waals surface area contributed by atoms with Crippen molar-refractivity contribution in [3.63, 3.8) is 0 Å². The number of amides is 1. The highest BCUT2D eigenvalue weighted by Crippen LogP contribution is 2.24. The summed E-state index contributed by atoms with van der Waals surface area (Å²) in [7, 11) is 0. The Morgan fingerprint density at radius 2 is 2.59 bits per heavy atom. The Hall–Kier alpha value is -1.04.